The fourth-order valence-corrected chi connectivity index (χ4v) is 1.30. The van der Waals surface area contributed by atoms with Gasteiger partial charge in [-0.25, -0.2) is 9.37 Å². The first-order valence-electron chi connectivity index (χ1n) is 4.88. The van der Waals surface area contributed by atoms with Gasteiger partial charge in [-0.1, -0.05) is 13.8 Å². The maximum absolute atomic E-state index is 12.7. The first-order chi connectivity index (χ1) is 7.16. The highest BCUT2D eigenvalue weighted by Crippen LogP contribution is 2.23. The molecule has 0 aliphatic rings. The first-order valence-corrected chi connectivity index (χ1v) is 4.88. The number of halogens is 1. The van der Waals surface area contributed by atoms with Crippen LogP contribution in [0.5, 0.6) is 0 Å². The van der Waals surface area contributed by atoms with E-state index in [2.05, 4.69) is 4.98 Å². The second kappa shape index (κ2) is 3.85. The average Bonchev–Trinajstić information content (AvgIpc) is 2.68. The minimum Gasteiger partial charge on any atom is -0.440 e. The van der Waals surface area contributed by atoms with Crippen LogP contribution in [0, 0.1) is 5.82 Å². The molecule has 0 unspecified atom stereocenters. The minimum atomic E-state index is -0.248. The number of oxazole rings is 1. The van der Waals surface area contributed by atoms with Gasteiger partial charge in [0.15, 0.2) is 11.7 Å². The summed E-state index contributed by atoms with van der Waals surface area (Å²) in [6.45, 7) is 4.03. The Labute approximate surface area is 87.8 Å². The number of hydrogen-bond acceptors (Lipinski definition) is 2. The maximum Gasteiger partial charge on any atom is 0.197 e. The van der Waals surface area contributed by atoms with Crippen LogP contribution in [-0.2, 0) is 0 Å². The van der Waals surface area contributed by atoms with E-state index in [9.17, 15) is 4.39 Å². The van der Waals surface area contributed by atoms with Crippen LogP contribution >= 0.6 is 0 Å². The van der Waals surface area contributed by atoms with Crippen molar-refractivity contribution in [2.45, 2.75) is 19.8 Å². The molecule has 2 aromatic rings. The summed E-state index contributed by atoms with van der Waals surface area (Å²) >= 11 is 0. The standard InChI is InChI=1S/C12H12FNO/c1-8(2)12-14-7-11(15-12)9-3-5-10(13)6-4-9/h3-8H,1-2H3. The summed E-state index contributed by atoms with van der Waals surface area (Å²) in [6.07, 6.45) is 1.67. The molecular weight excluding hydrogens is 193 g/mol. The van der Waals surface area contributed by atoms with Crippen LogP contribution < -0.4 is 0 Å². The molecule has 0 radical (unpaired) electrons. The lowest BCUT2D eigenvalue weighted by Gasteiger charge is -1.97. The SMILES string of the molecule is CC(C)c1ncc(-c2ccc(F)cc2)o1. The Morgan fingerprint density at radius 1 is 1.20 bits per heavy atom. The predicted molar refractivity (Wildman–Crippen MR) is 56.0 cm³/mol. The number of aromatic nitrogens is 1. The van der Waals surface area contributed by atoms with Crippen LogP contribution in [0.4, 0.5) is 4.39 Å². The van der Waals surface area contributed by atoms with E-state index in [1.807, 2.05) is 13.8 Å². The van der Waals surface area contributed by atoms with Gasteiger partial charge < -0.3 is 4.42 Å². The summed E-state index contributed by atoms with van der Waals surface area (Å²) < 4.78 is 18.2. The van der Waals surface area contributed by atoms with Gasteiger partial charge in [-0.15, -0.1) is 0 Å². The molecule has 0 spiro atoms. The zero-order valence-corrected chi connectivity index (χ0v) is 8.70. The van der Waals surface area contributed by atoms with E-state index in [-0.39, 0.29) is 11.7 Å². The van der Waals surface area contributed by atoms with Gasteiger partial charge in [0.05, 0.1) is 6.20 Å². The quantitative estimate of drug-likeness (QED) is 0.748. The van der Waals surface area contributed by atoms with Gasteiger partial charge in [0, 0.05) is 11.5 Å². The van der Waals surface area contributed by atoms with Crippen LogP contribution in [-0.4, -0.2) is 4.98 Å². The molecule has 0 bridgehead atoms. The summed E-state index contributed by atoms with van der Waals surface area (Å²) in [5, 5.41) is 0. The third-order valence-corrected chi connectivity index (χ3v) is 2.15. The predicted octanol–water partition coefficient (Wildman–Crippen LogP) is 3.60. The molecule has 78 valence electrons. The second-order valence-electron chi connectivity index (χ2n) is 3.72. The Kier molecular flexibility index (Phi) is 2.54. The molecular formula is C12H12FNO. The van der Waals surface area contributed by atoms with Crippen molar-refractivity contribution in [3.63, 3.8) is 0 Å². The number of nitrogens with zero attached hydrogens (tertiary/aromatic N) is 1. The fourth-order valence-electron chi connectivity index (χ4n) is 1.30. The smallest absolute Gasteiger partial charge is 0.197 e. The Balaban J connectivity index is 2.33. The topological polar surface area (TPSA) is 26.0 Å². The molecule has 1 aromatic carbocycles. The molecule has 1 heterocycles. The van der Waals surface area contributed by atoms with Crippen LogP contribution in [0.25, 0.3) is 11.3 Å². The molecule has 0 atom stereocenters. The van der Waals surface area contributed by atoms with Crippen molar-refractivity contribution >= 4 is 0 Å². The van der Waals surface area contributed by atoms with E-state index < -0.39 is 0 Å². The Hall–Kier alpha value is -1.64. The van der Waals surface area contributed by atoms with Crippen molar-refractivity contribution in [1.82, 2.24) is 4.98 Å². The molecule has 0 aliphatic heterocycles. The van der Waals surface area contributed by atoms with Gasteiger partial charge in [-0.3, -0.25) is 0 Å². The summed E-state index contributed by atoms with van der Waals surface area (Å²) in [5.41, 5.74) is 0.843. The zero-order valence-electron chi connectivity index (χ0n) is 8.70. The summed E-state index contributed by atoms with van der Waals surface area (Å²) in [7, 11) is 0. The largest absolute Gasteiger partial charge is 0.440 e. The monoisotopic (exact) mass is 205 g/mol. The molecule has 1 aromatic heterocycles. The lowest BCUT2D eigenvalue weighted by molar-refractivity contribution is 0.481. The van der Waals surface area contributed by atoms with Crippen LogP contribution in [0.15, 0.2) is 34.9 Å². The van der Waals surface area contributed by atoms with Gasteiger partial charge in [-0.05, 0) is 24.3 Å². The van der Waals surface area contributed by atoms with E-state index >= 15 is 0 Å². The number of rotatable bonds is 2. The van der Waals surface area contributed by atoms with E-state index in [1.165, 1.54) is 12.1 Å². The van der Waals surface area contributed by atoms with Gasteiger partial charge in [0.25, 0.3) is 0 Å². The van der Waals surface area contributed by atoms with Crippen molar-refractivity contribution < 1.29 is 8.81 Å². The highest BCUT2D eigenvalue weighted by molar-refractivity contribution is 5.55. The van der Waals surface area contributed by atoms with Gasteiger partial charge >= 0.3 is 0 Å². The number of hydrogen-bond donors (Lipinski definition) is 0. The third kappa shape index (κ3) is 2.06. The van der Waals surface area contributed by atoms with Crippen molar-refractivity contribution in [1.29, 1.82) is 0 Å². The van der Waals surface area contributed by atoms with Crippen molar-refractivity contribution in [2.75, 3.05) is 0 Å². The molecule has 0 aliphatic carbocycles. The average molecular weight is 205 g/mol. The summed E-state index contributed by atoms with van der Waals surface area (Å²) in [6, 6.07) is 6.18. The van der Waals surface area contributed by atoms with E-state index in [1.54, 1.807) is 18.3 Å². The lowest BCUT2D eigenvalue weighted by atomic mass is 10.2. The van der Waals surface area contributed by atoms with E-state index in [4.69, 9.17) is 4.42 Å². The molecule has 0 amide bonds. The van der Waals surface area contributed by atoms with Crippen LogP contribution in [0.3, 0.4) is 0 Å². The molecule has 0 fully saturated rings. The molecule has 0 saturated heterocycles. The van der Waals surface area contributed by atoms with E-state index in [0.717, 1.165) is 5.56 Å². The van der Waals surface area contributed by atoms with Crippen molar-refractivity contribution in [3.05, 3.63) is 42.2 Å². The Bertz CT molecular complexity index is 445. The van der Waals surface area contributed by atoms with E-state index in [0.29, 0.717) is 11.7 Å². The normalized spacial score (nSPS) is 10.9. The second-order valence-corrected chi connectivity index (χ2v) is 3.72. The molecule has 0 N–H and O–H groups in total. The molecule has 2 rings (SSSR count). The fraction of sp³-hybridized carbons (Fsp3) is 0.250. The lowest BCUT2D eigenvalue weighted by Crippen LogP contribution is -1.84. The van der Waals surface area contributed by atoms with Crippen LogP contribution in [0.2, 0.25) is 0 Å². The van der Waals surface area contributed by atoms with Crippen molar-refractivity contribution in [2.24, 2.45) is 0 Å². The third-order valence-electron chi connectivity index (χ3n) is 2.15. The van der Waals surface area contributed by atoms with Gasteiger partial charge in [0.1, 0.15) is 5.82 Å². The minimum absolute atomic E-state index is 0.248. The van der Waals surface area contributed by atoms with Crippen LogP contribution in [0.1, 0.15) is 25.7 Å². The van der Waals surface area contributed by atoms with Gasteiger partial charge in [-0.2, -0.15) is 0 Å². The summed E-state index contributed by atoms with van der Waals surface area (Å²) in [5.74, 6) is 1.40. The Morgan fingerprint density at radius 3 is 2.40 bits per heavy atom. The zero-order chi connectivity index (χ0) is 10.8. The summed E-state index contributed by atoms with van der Waals surface area (Å²) in [4.78, 5) is 4.15. The Morgan fingerprint density at radius 2 is 1.87 bits per heavy atom. The maximum atomic E-state index is 12.7. The molecule has 3 heteroatoms. The molecule has 2 nitrogen and oxygen atoms in total. The molecule has 15 heavy (non-hydrogen) atoms. The highest BCUT2D eigenvalue weighted by atomic mass is 19.1. The highest BCUT2D eigenvalue weighted by Gasteiger charge is 2.08. The first kappa shape index (κ1) is 9.90. The van der Waals surface area contributed by atoms with Crippen molar-refractivity contribution in [3.8, 4) is 11.3 Å². The number of benzene rings is 1. The molecule has 0 saturated carbocycles. The van der Waals surface area contributed by atoms with Gasteiger partial charge in [0.2, 0.25) is 0 Å².